The first-order chi connectivity index (χ1) is 8.26. The molecule has 0 amide bonds. The molecule has 1 heterocycles. The molecule has 2 rings (SSSR count). The van der Waals surface area contributed by atoms with E-state index < -0.39 is 0 Å². The standard InChI is InChI=1S/C13H15NO.C2H6/c1-4-10-6-7-11-9(2)5-8-12(15-3)13(11)14-10;1-2/h5-8H,4H2,1-3H3;1-2H3. The molecule has 0 aliphatic rings. The van der Waals surface area contributed by atoms with Crippen molar-refractivity contribution >= 4 is 10.9 Å². The van der Waals surface area contributed by atoms with Crippen LogP contribution >= 0.6 is 0 Å². The average Bonchev–Trinajstić information content (AvgIpc) is 2.41. The van der Waals surface area contributed by atoms with Crippen LogP contribution in [0.1, 0.15) is 32.0 Å². The number of hydrogen-bond acceptors (Lipinski definition) is 2. The lowest BCUT2D eigenvalue weighted by atomic mass is 10.1. The van der Waals surface area contributed by atoms with Crippen molar-refractivity contribution in [1.29, 1.82) is 0 Å². The zero-order valence-electron chi connectivity index (χ0n) is 11.4. The fourth-order valence-electron chi connectivity index (χ4n) is 1.74. The quantitative estimate of drug-likeness (QED) is 0.775. The van der Waals surface area contributed by atoms with Crippen molar-refractivity contribution in [2.24, 2.45) is 0 Å². The normalized spacial score (nSPS) is 9.71. The highest BCUT2D eigenvalue weighted by Crippen LogP contribution is 2.26. The summed E-state index contributed by atoms with van der Waals surface area (Å²) in [6.07, 6.45) is 0.951. The van der Waals surface area contributed by atoms with Gasteiger partial charge in [-0.25, -0.2) is 4.98 Å². The highest BCUT2D eigenvalue weighted by atomic mass is 16.5. The number of methoxy groups -OCH3 is 1. The highest BCUT2D eigenvalue weighted by Gasteiger charge is 2.05. The number of nitrogens with zero attached hydrogens (tertiary/aromatic N) is 1. The van der Waals surface area contributed by atoms with Crippen LogP contribution in [0.5, 0.6) is 5.75 Å². The smallest absolute Gasteiger partial charge is 0.145 e. The van der Waals surface area contributed by atoms with E-state index in [0.29, 0.717) is 0 Å². The van der Waals surface area contributed by atoms with Gasteiger partial charge in [-0.3, -0.25) is 0 Å². The Morgan fingerprint density at radius 2 is 1.82 bits per heavy atom. The first-order valence-corrected chi connectivity index (χ1v) is 6.19. The minimum Gasteiger partial charge on any atom is -0.494 e. The summed E-state index contributed by atoms with van der Waals surface area (Å²) >= 11 is 0. The zero-order chi connectivity index (χ0) is 12.8. The van der Waals surface area contributed by atoms with Crippen LogP contribution in [-0.4, -0.2) is 12.1 Å². The third-order valence-electron chi connectivity index (χ3n) is 2.68. The van der Waals surface area contributed by atoms with E-state index in [1.54, 1.807) is 7.11 Å². The van der Waals surface area contributed by atoms with Gasteiger partial charge in [0, 0.05) is 11.1 Å². The number of aryl methyl sites for hydroxylation is 2. The average molecular weight is 231 g/mol. The van der Waals surface area contributed by atoms with Gasteiger partial charge >= 0.3 is 0 Å². The lowest BCUT2D eigenvalue weighted by Gasteiger charge is -2.08. The Morgan fingerprint density at radius 3 is 2.41 bits per heavy atom. The van der Waals surface area contributed by atoms with Crippen molar-refractivity contribution in [3.05, 3.63) is 35.5 Å². The monoisotopic (exact) mass is 231 g/mol. The molecule has 0 saturated heterocycles. The van der Waals surface area contributed by atoms with Crippen LogP contribution in [-0.2, 0) is 6.42 Å². The van der Waals surface area contributed by atoms with Crippen LogP contribution < -0.4 is 4.74 Å². The Bertz CT molecular complexity index is 491. The molecule has 0 unspecified atom stereocenters. The maximum atomic E-state index is 5.32. The predicted octanol–water partition coefficient (Wildman–Crippen LogP) is 4.14. The van der Waals surface area contributed by atoms with Crippen molar-refractivity contribution in [2.75, 3.05) is 7.11 Å². The molecule has 0 aliphatic heterocycles. The zero-order valence-corrected chi connectivity index (χ0v) is 11.4. The minimum atomic E-state index is 0.853. The Labute approximate surface area is 104 Å². The van der Waals surface area contributed by atoms with Crippen LogP contribution in [0, 0.1) is 6.92 Å². The van der Waals surface area contributed by atoms with E-state index in [0.717, 1.165) is 23.4 Å². The summed E-state index contributed by atoms with van der Waals surface area (Å²) in [4.78, 5) is 4.60. The summed E-state index contributed by atoms with van der Waals surface area (Å²) < 4.78 is 5.32. The number of hydrogen-bond donors (Lipinski definition) is 0. The second-order valence-corrected chi connectivity index (χ2v) is 3.64. The predicted molar refractivity (Wildman–Crippen MR) is 73.8 cm³/mol. The van der Waals surface area contributed by atoms with E-state index >= 15 is 0 Å². The van der Waals surface area contributed by atoms with E-state index in [9.17, 15) is 0 Å². The highest BCUT2D eigenvalue weighted by molar-refractivity contribution is 5.87. The van der Waals surface area contributed by atoms with Gasteiger partial charge < -0.3 is 4.74 Å². The summed E-state index contributed by atoms with van der Waals surface area (Å²) in [7, 11) is 1.68. The second kappa shape index (κ2) is 6.24. The molecule has 2 nitrogen and oxygen atoms in total. The minimum absolute atomic E-state index is 0.853. The molecule has 2 aromatic rings. The van der Waals surface area contributed by atoms with E-state index in [1.807, 2.05) is 19.9 Å². The molecule has 1 aromatic heterocycles. The summed E-state index contributed by atoms with van der Waals surface area (Å²) in [5.41, 5.74) is 3.31. The first-order valence-electron chi connectivity index (χ1n) is 6.19. The van der Waals surface area contributed by atoms with E-state index in [4.69, 9.17) is 4.74 Å². The summed E-state index contributed by atoms with van der Waals surface area (Å²) in [6.45, 7) is 8.20. The molecule has 0 N–H and O–H groups in total. The Balaban J connectivity index is 0.000000686. The Kier molecular flexibility index (Phi) is 4.95. The van der Waals surface area contributed by atoms with Crippen LogP contribution in [0.15, 0.2) is 24.3 Å². The lowest BCUT2D eigenvalue weighted by molar-refractivity contribution is 0.418. The second-order valence-electron chi connectivity index (χ2n) is 3.64. The topological polar surface area (TPSA) is 22.1 Å². The number of aromatic nitrogens is 1. The van der Waals surface area contributed by atoms with E-state index in [1.165, 1.54) is 10.9 Å². The molecule has 0 spiro atoms. The largest absolute Gasteiger partial charge is 0.494 e. The SMILES string of the molecule is CC.CCc1ccc2c(C)ccc(OC)c2n1. The molecule has 0 saturated carbocycles. The Hall–Kier alpha value is -1.57. The van der Waals surface area contributed by atoms with E-state index in [2.05, 4.69) is 37.0 Å². The first kappa shape index (κ1) is 13.5. The molecule has 1 aromatic carbocycles. The van der Waals surface area contributed by atoms with Crippen LogP contribution in [0.3, 0.4) is 0 Å². The fourth-order valence-corrected chi connectivity index (χ4v) is 1.74. The van der Waals surface area contributed by atoms with Crippen LogP contribution in [0.2, 0.25) is 0 Å². The third-order valence-corrected chi connectivity index (χ3v) is 2.68. The maximum Gasteiger partial charge on any atom is 0.145 e. The fraction of sp³-hybridized carbons (Fsp3) is 0.400. The summed E-state index contributed by atoms with van der Waals surface area (Å²) in [6, 6.07) is 8.24. The molecule has 2 heteroatoms. The van der Waals surface area contributed by atoms with Gasteiger partial charge in [0.15, 0.2) is 0 Å². The molecule has 0 bridgehead atoms. The van der Waals surface area contributed by atoms with Gasteiger partial charge in [0.2, 0.25) is 0 Å². The molecular formula is C15H21NO. The Morgan fingerprint density at radius 1 is 1.12 bits per heavy atom. The number of pyridine rings is 1. The van der Waals surface area contributed by atoms with Gasteiger partial charge in [0.1, 0.15) is 11.3 Å². The lowest BCUT2D eigenvalue weighted by Crippen LogP contribution is -1.93. The van der Waals surface area contributed by atoms with Crippen molar-refractivity contribution < 1.29 is 4.74 Å². The van der Waals surface area contributed by atoms with Crippen molar-refractivity contribution in [3.63, 3.8) is 0 Å². The van der Waals surface area contributed by atoms with Gasteiger partial charge in [-0.1, -0.05) is 32.9 Å². The number of fused-ring (bicyclic) bond motifs is 1. The molecule has 0 aliphatic carbocycles. The van der Waals surface area contributed by atoms with Gasteiger partial charge in [0.25, 0.3) is 0 Å². The summed E-state index contributed by atoms with van der Waals surface area (Å²) in [5.74, 6) is 0.853. The number of ether oxygens (including phenoxy) is 1. The third kappa shape index (κ3) is 2.76. The number of rotatable bonds is 2. The molecule has 0 radical (unpaired) electrons. The molecule has 0 fully saturated rings. The van der Waals surface area contributed by atoms with Gasteiger partial charge in [-0.05, 0) is 31.0 Å². The van der Waals surface area contributed by atoms with Crippen LogP contribution in [0.25, 0.3) is 10.9 Å². The van der Waals surface area contributed by atoms with Gasteiger partial charge in [-0.15, -0.1) is 0 Å². The molecular weight excluding hydrogens is 210 g/mol. The van der Waals surface area contributed by atoms with Gasteiger partial charge in [-0.2, -0.15) is 0 Å². The van der Waals surface area contributed by atoms with Crippen molar-refractivity contribution in [1.82, 2.24) is 4.98 Å². The van der Waals surface area contributed by atoms with Crippen molar-refractivity contribution in [2.45, 2.75) is 34.1 Å². The van der Waals surface area contributed by atoms with Gasteiger partial charge in [0.05, 0.1) is 7.11 Å². The van der Waals surface area contributed by atoms with E-state index in [-0.39, 0.29) is 0 Å². The van der Waals surface area contributed by atoms with Crippen molar-refractivity contribution in [3.8, 4) is 5.75 Å². The van der Waals surface area contributed by atoms with Crippen LogP contribution in [0.4, 0.5) is 0 Å². The molecule has 17 heavy (non-hydrogen) atoms. The maximum absolute atomic E-state index is 5.32. The number of benzene rings is 1. The summed E-state index contributed by atoms with van der Waals surface area (Å²) in [5, 5.41) is 1.17. The molecule has 92 valence electrons. The molecule has 0 atom stereocenters.